The average Bonchev–Trinajstić information content (AvgIpc) is 3.23. The Labute approximate surface area is 170 Å². The van der Waals surface area contributed by atoms with Crippen molar-refractivity contribution in [1.29, 1.82) is 0 Å². The van der Waals surface area contributed by atoms with Gasteiger partial charge in [0.2, 0.25) is 0 Å². The first-order chi connectivity index (χ1) is 14.1. The van der Waals surface area contributed by atoms with Crippen molar-refractivity contribution in [2.45, 2.75) is 6.61 Å². The second-order valence-corrected chi connectivity index (χ2v) is 7.10. The summed E-state index contributed by atoms with van der Waals surface area (Å²) in [5.74, 6) is 0.120. The van der Waals surface area contributed by atoms with Crippen LogP contribution in [0.15, 0.2) is 58.7 Å². The fourth-order valence-electron chi connectivity index (χ4n) is 2.98. The molecular formula is C21H17N3O4S. The Kier molecular flexibility index (Phi) is 5.09. The molecule has 2 aromatic carbocycles. The number of thiazole rings is 1. The van der Waals surface area contributed by atoms with Gasteiger partial charge in [0.25, 0.3) is 5.56 Å². The van der Waals surface area contributed by atoms with Crippen LogP contribution in [0.4, 0.5) is 0 Å². The van der Waals surface area contributed by atoms with Crippen molar-refractivity contribution in [3.8, 4) is 16.3 Å². The second-order valence-electron chi connectivity index (χ2n) is 6.24. The molecule has 4 aromatic rings. The largest absolute Gasteiger partial charge is 0.496 e. The van der Waals surface area contributed by atoms with Crippen molar-refractivity contribution in [2.24, 2.45) is 7.05 Å². The number of benzene rings is 2. The lowest BCUT2D eigenvalue weighted by atomic mass is 10.1. The van der Waals surface area contributed by atoms with Crippen LogP contribution in [0.2, 0.25) is 0 Å². The Balaban J connectivity index is 1.56. The molecular weight excluding hydrogens is 390 g/mol. The predicted octanol–water partition coefficient (Wildman–Crippen LogP) is 3.42. The highest BCUT2D eigenvalue weighted by atomic mass is 32.1. The Morgan fingerprint density at radius 3 is 2.62 bits per heavy atom. The first kappa shape index (κ1) is 18.8. The van der Waals surface area contributed by atoms with Crippen LogP contribution >= 0.6 is 11.3 Å². The Hall–Kier alpha value is -3.52. The fraction of sp³-hybridized carbons (Fsp3) is 0.143. The number of carbonyl (C=O) groups excluding carboxylic acids is 1. The van der Waals surface area contributed by atoms with Crippen molar-refractivity contribution in [2.75, 3.05) is 7.11 Å². The molecule has 0 saturated carbocycles. The normalized spacial score (nSPS) is 10.8. The third-order valence-electron chi connectivity index (χ3n) is 4.39. The Morgan fingerprint density at radius 1 is 1.10 bits per heavy atom. The summed E-state index contributed by atoms with van der Waals surface area (Å²) in [6.45, 7) is 0.00330. The van der Waals surface area contributed by atoms with Gasteiger partial charge in [-0.2, -0.15) is 5.10 Å². The monoisotopic (exact) mass is 407 g/mol. The molecule has 0 atom stereocenters. The van der Waals surface area contributed by atoms with Crippen molar-refractivity contribution < 1.29 is 14.3 Å². The zero-order valence-electron chi connectivity index (χ0n) is 15.8. The molecule has 0 bridgehead atoms. The van der Waals surface area contributed by atoms with Crippen LogP contribution in [0, 0.1) is 0 Å². The zero-order valence-corrected chi connectivity index (χ0v) is 16.6. The number of esters is 1. The number of methoxy groups -OCH3 is 1. The number of carbonyl (C=O) groups is 1. The lowest BCUT2D eigenvalue weighted by Gasteiger charge is -2.07. The molecule has 0 fully saturated rings. The van der Waals surface area contributed by atoms with Gasteiger partial charge in [-0.3, -0.25) is 4.79 Å². The average molecular weight is 407 g/mol. The molecule has 7 nitrogen and oxygen atoms in total. The molecule has 0 spiro atoms. The number of aromatic nitrogens is 3. The van der Waals surface area contributed by atoms with Gasteiger partial charge in [-0.1, -0.05) is 30.3 Å². The highest BCUT2D eigenvalue weighted by molar-refractivity contribution is 7.13. The van der Waals surface area contributed by atoms with Gasteiger partial charge in [0.1, 0.15) is 17.4 Å². The molecule has 146 valence electrons. The van der Waals surface area contributed by atoms with Gasteiger partial charge in [-0.25, -0.2) is 14.5 Å². The molecule has 0 aliphatic rings. The maximum Gasteiger partial charge on any atom is 0.359 e. The standard InChI is InChI=1S/C21H17N3O4S/c1-24-20(25)15-8-4-3-7-14(15)18(23-24)21(26)28-11-13-12-29-19(22-13)16-9-5-6-10-17(16)27-2/h3-10,12H,11H2,1-2H3. The third kappa shape index (κ3) is 3.62. The molecule has 2 heterocycles. The molecule has 0 aliphatic heterocycles. The molecule has 0 aliphatic carbocycles. The summed E-state index contributed by atoms with van der Waals surface area (Å²) >= 11 is 1.44. The van der Waals surface area contributed by atoms with Gasteiger partial charge in [0.15, 0.2) is 5.69 Å². The molecule has 0 radical (unpaired) electrons. The van der Waals surface area contributed by atoms with E-state index in [0.29, 0.717) is 16.5 Å². The number of hydrogen-bond donors (Lipinski definition) is 0. The number of hydrogen-bond acceptors (Lipinski definition) is 7. The van der Waals surface area contributed by atoms with E-state index in [1.807, 2.05) is 29.6 Å². The van der Waals surface area contributed by atoms with E-state index in [4.69, 9.17) is 9.47 Å². The smallest absolute Gasteiger partial charge is 0.359 e. The quantitative estimate of drug-likeness (QED) is 0.472. The summed E-state index contributed by atoms with van der Waals surface area (Å²) in [6, 6.07) is 14.4. The summed E-state index contributed by atoms with van der Waals surface area (Å²) in [7, 11) is 3.12. The second kappa shape index (κ2) is 7.84. The molecule has 0 unspecified atom stereocenters. The fourth-order valence-corrected chi connectivity index (χ4v) is 3.81. The van der Waals surface area contributed by atoms with Crippen molar-refractivity contribution in [1.82, 2.24) is 14.8 Å². The van der Waals surface area contributed by atoms with Crippen LogP contribution in [0.5, 0.6) is 5.75 Å². The van der Waals surface area contributed by atoms with Crippen molar-refractivity contribution >= 4 is 28.1 Å². The first-order valence-corrected chi connectivity index (χ1v) is 9.67. The number of rotatable bonds is 5. The molecule has 29 heavy (non-hydrogen) atoms. The lowest BCUT2D eigenvalue weighted by molar-refractivity contribution is 0.0461. The lowest BCUT2D eigenvalue weighted by Crippen LogP contribution is -2.23. The number of fused-ring (bicyclic) bond motifs is 1. The van der Waals surface area contributed by atoms with E-state index in [1.165, 1.54) is 18.4 Å². The highest BCUT2D eigenvalue weighted by Gasteiger charge is 2.18. The summed E-state index contributed by atoms with van der Waals surface area (Å²) in [5.41, 5.74) is 1.34. The topological polar surface area (TPSA) is 83.3 Å². The SMILES string of the molecule is COc1ccccc1-c1nc(COC(=O)c2nn(C)c(=O)c3ccccc23)cs1. The van der Waals surface area contributed by atoms with Gasteiger partial charge >= 0.3 is 5.97 Å². The number of ether oxygens (including phenoxy) is 2. The number of nitrogens with zero attached hydrogens (tertiary/aromatic N) is 3. The molecule has 0 amide bonds. The summed E-state index contributed by atoms with van der Waals surface area (Å²) < 4.78 is 11.9. The van der Waals surface area contributed by atoms with E-state index in [1.54, 1.807) is 31.4 Å². The van der Waals surface area contributed by atoms with Gasteiger partial charge in [-0.05, 0) is 18.2 Å². The minimum absolute atomic E-state index is 0.00330. The van der Waals surface area contributed by atoms with Gasteiger partial charge < -0.3 is 9.47 Å². The van der Waals surface area contributed by atoms with Crippen LogP contribution < -0.4 is 10.3 Å². The zero-order chi connectivity index (χ0) is 20.4. The van der Waals surface area contributed by atoms with Gasteiger partial charge in [-0.15, -0.1) is 11.3 Å². The molecule has 8 heteroatoms. The molecule has 4 rings (SSSR count). The van der Waals surface area contributed by atoms with E-state index in [-0.39, 0.29) is 17.9 Å². The first-order valence-electron chi connectivity index (χ1n) is 8.79. The van der Waals surface area contributed by atoms with Crippen LogP contribution in [-0.2, 0) is 18.4 Å². The number of aryl methyl sites for hydroxylation is 1. The Morgan fingerprint density at radius 2 is 1.83 bits per heavy atom. The van der Waals surface area contributed by atoms with E-state index >= 15 is 0 Å². The van der Waals surface area contributed by atoms with Crippen molar-refractivity contribution in [3.05, 3.63) is 75.7 Å². The van der Waals surface area contributed by atoms with Crippen LogP contribution in [0.25, 0.3) is 21.3 Å². The highest BCUT2D eigenvalue weighted by Crippen LogP contribution is 2.32. The minimum Gasteiger partial charge on any atom is -0.496 e. The van der Waals surface area contributed by atoms with Crippen LogP contribution in [-0.4, -0.2) is 27.8 Å². The van der Waals surface area contributed by atoms with E-state index in [9.17, 15) is 9.59 Å². The summed E-state index contributed by atoms with van der Waals surface area (Å²) in [6.07, 6.45) is 0. The van der Waals surface area contributed by atoms with E-state index in [2.05, 4.69) is 10.1 Å². The van der Waals surface area contributed by atoms with Crippen molar-refractivity contribution in [3.63, 3.8) is 0 Å². The molecule has 0 saturated heterocycles. The molecule has 2 aromatic heterocycles. The van der Waals surface area contributed by atoms with Crippen LogP contribution in [0.3, 0.4) is 0 Å². The van der Waals surface area contributed by atoms with Gasteiger partial charge in [0, 0.05) is 17.8 Å². The predicted molar refractivity (Wildman–Crippen MR) is 110 cm³/mol. The molecule has 0 N–H and O–H groups in total. The maximum absolute atomic E-state index is 12.6. The van der Waals surface area contributed by atoms with E-state index in [0.717, 1.165) is 21.0 Å². The summed E-state index contributed by atoms with van der Waals surface area (Å²) in [5, 5.41) is 7.58. The van der Waals surface area contributed by atoms with Gasteiger partial charge in [0.05, 0.1) is 23.8 Å². The third-order valence-corrected chi connectivity index (χ3v) is 5.31. The number of para-hydroxylation sites is 1. The van der Waals surface area contributed by atoms with E-state index < -0.39 is 5.97 Å². The Bertz CT molecular complexity index is 1260. The van der Waals surface area contributed by atoms with Crippen LogP contribution in [0.1, 0.15) is 16.2 Å². The summed E-state index contributed by atoms with van der Waals surface area (Å²) in [4.78, 5) is 29.4. The maximum atomic E-state index is 12.6. The minimum atomic E-state index is -0.608.